The molecule has 2 atom stereocenters. The van der Waals surface area contributed by atoms with Crippen molar-refractivity contribution in [3.63, 3.8) is 0 Å². The lowest BCUT2D eigenvalue weighted by molar-refractivity contribution is 0.468. The molecule has 0 bridgehead atoms. The molecule has 3 nitrogen and oxygen atoms in total. The van der Waals surface area contributed by atoms with E-state index in [1.807, 2.05) is 18.2 Å². The Morgan fingerprint density at radius 1 is 1.44 bits per heavy atom. The molecule has 0 saturated heterocycles. The average Bonchev–Trinajstić information content (AvgIpc) is 2.91. The first-order valence-electron chi connectivity index (χ1n) is 6.17. The summed E-state index contributed by atoms with van der Waals surface area (Å²) in [7, 11) is 0. The fraction of sp³-hybridized carbons (Fsp3) is 0.357. The predicted octanol–water partition coefficient (Wildman–Crippen LogP) is 4.06. The maximum Gasteiger partial charge on any atom is 0.152 e. The van der Waals surface area contributed by atoms with Crippen LogP contribution in [0.25, 0.3) is 0 Å². The summed E-state index contributed by atoms with van der Waals surface area (Å²) in [6.07, 6.45) is 2.92. The molecular weight excluding hydrogens is 248 g/mol. The minimum absolute atomic E-state index is 0.486. The van der Waals surface area contributed by atoms with E-state index < -0.39 is 0 Å². The first kappa shape index (κ1) is 11.6. The highest BCUT2D eigenvalue weighted by molar-refractivity contribution is 6.31. The van der Waals surface area contributed by atoms with Crippen molar-refractivity contribution < 1.29 is 4.42 Å². The summed E-state index contributed by atoms with van der Waals surface area (Å²) >= 11 is 5.97. The Hall–Kier alpha value is -1.48. The molecule has 0 aromatic carbocycles. The van der Waals surface area contributed by atoms with Crippen LogP contribution in [0.3, 0.4) is 0 Å². The molecule has 1 aliphatic carbocycles. The molecule has 0 amide bonds. The van der Waals surface area contributed by atoms with Crippen LogP contribution in [0.4, 0.5) is 5.69 Å². The van der Waals surface area contributed by atoms with Gasteiger partial charge >= 0.3 is 0 Å². The van der Waals surface area contributed by atoms with Crippen LogP contribution in [0.15, 0.2) is 34.9 Å². The lowest BCUT2D eigenvalue weighted by Crippen LogP contribution is -1.99. The molecular formula is C14H15ClN2O. The lowest BCUT2D eigenvalue weighted by Gasteiger charge is -2.05. The second kappa shape index (κ2) is 4.65. The third kappa shape index (κ3) is 2.36. The molecule has 4 heteroatoms. The van der Waals surface area contributed by atoms with E-state index in [1.165, 1.54) is 6.42 Å². The quantitative estimate of drug-likeness (QED) is 0.845. The molecule has 18 heavy (non-hydrogen) atoms. The topological polar surface area (TPSA) is 38.1 Å². The van der Waals surface area contributed by atoms with E-state index in [0.29, 0.717) is 17.6 Å². The second-order valence-corrected chi connectivity index (χ2v) is 5.18. The molecule has 0 spiro atoms. The summed E-state index contributed by atoms with van der Waals surface area (Å²) < 4.78 is 5.81. The zero-order valence-corrected chi connectivity index (χ0v) is 10.9. The van der Waals surface area contributed by atoms with E-state index in [1.54, 1.807) is 6.20 Å². The number of hydrogen-bond donors (Lipinski definition) is 1. The molecule has 1 saturated carbocycles. The first-order valence-corrected chi connectivity index (χ1v) is 6.55. The summed E-state index contributed by atoms with van der Waals surface area (Å²) in [5, 5.41) is 3.71. The van der Waals surface area contributed by atoms with E-state index in [2.05, 4.69) is 23.3 Å². The zero-order valence-electron chi connectivity index (χ0n) is 10.2. The van der Waals surface area contributed by atoms with E-state index in [9.17, 15) is 0 Å². The van der Waals surface area contributed by atoms with Gasteiger partial charge in [0.05, 0.1) is 12.2 Å². The standard InChI is InChI=1S/C14H15ClN2O/c1-9-7-11(9)13-5-4-10(18-13)8-17-12-3-2-6-16-14(12)15/h2-6,9,11,17H,7-8H2,1H3. The van der Waals surface area contributed by atoms with Gasteiger partial charge in [0.2, 0.25) is 0 Å². The zero-order chi connectivity index (χ0) is 12.5. The molecule has 0 radical (unpaired) electrons. The Kier molecular flexibility index (Phi) is 3.00. The minimum Gasteiger partial charge on any atom is -0.464 e. The van der Waals surface area contributed by atoms with Gasteiger partial charge in [-0.3, -0.25) is 0 Å². The van der Waals surface area contributed by atoms with E-state index >= 15 is 0 Å². The normalized spacial score (nSPS) is 21.9. The van der Waals surface area contributed by atoms with Crippen LogP contribution >= 0.6 is 11.6 Å². The van der Waals surface area contributed by atoms with E-state index in [-0.39, 0.29) is 0 Å². The number of pyridine rings is 1. The molecule has 2 heterocycles. The molecule has 2 aromatic heterocycles. The van der Waals surface area contributed by atoms with Gasteiger partial charge in [0.25, 0.3) is 0 Å². The van der Waals surface area contributed by atoms with Crippen LogP contribution in [0.1, 0.15) is 30.8 Å². The van der Waals surface area contributed by atoms with Gasteiger partial charge in [-0.25, -0.2) is 4.98 Å². The van der Waals surface area contributed by atoms with Gasteiger partial charge in [0.1, 0.15) is 11.5 Å². The van der Waals surface area contributed by atoms with Crippen molar-refractivity contribution in [3.05, 3.63) is 47.1 Å². The molecule has 1 N–H and O–H groups in total. The summed E-state index contributed by atoms with van der Waals surface area (Å²) in [5.74, 6) is 3.44. The Bertz CT molecular complexity index is 552. The molecule has 1 fully saturated rings. The summed E-state index contributed by atoms with van der Waals surface area (Å²) in [5.41, 5.74) is 0.830. The van der Waals surface area contributed by atoms with Gasteiger partial charge in [-0.05, 0) is 36.6 Å². The van der Waals surface area contributed by atoms with Crippen LogP contribution in [0.2, 0.25) is 5.15 Å². The number of aromatic nitrogens is 1. The SMILES string of the molecule is CC1CC1c1ccc(CNc2cccnc2Cl)o1. The first-order chi connectivity index (χ1) is 8.74. The Balaban J connectivity index is 1.63. The predicted molar refractivity (Wildman–Crippen MR) is 71.8 cm³/mol. The van der Waals surface area contributed by atoms with Crippen molar-refractivity contribution in [2.75, 3.05) is 5.32 Å². The number of rotatable bonds is 4. The lowest BCUT2D eigenvalue weighted by atomic mass is 10.3. The third-order valence-corrected chi connectivity index (χ3v) is 3.67. The minimum atomic E-state index is 0.486. The van der Waals surface area contributed by atoms with Crippen LogP contribution < -0.4 is 5.32 Å². The van der Waals surface area contributed by atoms with Crippen molar-refractivity contribution in [2.24, 2.45) is 5.92 Å². The van der Waals surface area contributed by atoms with Crippen molar-refractivity contribution in [3.8, 4) is 0 Å². The monoisotopic (exact) mass is 262 g/mol. The van der Waals surface area contributed by atoms with Gasteiger partial charge in [-0.15, -0.1) is 0 Å². The summed E-state index contributed by atoms with van der Waals surface area (Å²) in [6.45, 7) is 2.88. The molecule has 2 unspecified atom stereocenters. The van der Waals surface area contributed by atoms with Crippen molar-refractivity contribution >= 4 is 17.3 Å². The Morgan fingerprint density at radius 3 is 3.00 bits per heavy atom. The number of anilines is 1. The van der Waals surface area contributed by atoms with Crippen LogP contribution in [0, 0.1) is 5.92 Å². The highest BCUT2D eigenvalue weighted by atomic mass is 35.5. The van der Waals surface area contributed by atoms with Crippen molar-refractivity contribution in [1.82, 2.24) is 4.98 Å². The number of halogens is 1. The maximum absolute atomic E-state index is 5.97. The third-order valence-electron chi connectivity index (χ3n) is 3.37. The number of nitrogens with zero attached hydrogens (tertiary/aromatic N) is 1. The molecule has 3 rings (SSSR count). The smallest absolute Gasteiger partial charge is 0.152 e. The highest BCUT2D eigenvalue weighted by Gasteiger charge is 2.36. The van der Waals surface area contributed by atoms with Crippen LogP contribution in [0.5, 0.6) is 0 Å². The molecule has 0 aliphatic heterocycles. The van der Waals surface area contributed by atoms with Crippen LogP contribution in [-0.2, 0) is 6.54 Å². The van der Waals surface area contributed by atoms with Gasteiger partial charge in [-0.1, -0.05) is 18.5 Å². The molecule has 2 aromatic rings. The summed E-state index contributed by atoms with van der Waals surface area (Å²) in [6, 6.07) is 7.86. The van der Waals surface area contributed by atoms with Crippen LogP contribution in [-0.4, -0.2) is 4.98 Å². The Labute approximate surface area is 111 Å². The van der Waals surface area contributed by atoms with Crippen molar-refractivity contribution in [2.45, 2.75) is 25.8 Å². The van der Waals surface area contributed by atoms with Gasteiger partial charge in [0.15, 0.2) is 5.15 Å². The van der Waals surface area contributed by atoms with Gasteiger partial charge < -0.3 is 9.73 Å². The average molecular weight is 263 g/mol. The van der Waals surface area contributed by atoms with E-state index in [0.717, 1.165) is 23.1 Å². The van der Waals surface area contributed by atoms with Gasteiger partial charge in [0, 0.05) is 12.1 Å². The second-order valence-electron chi connectivity index (χ2n) is 4.82. The number of nitrogens with one attached hydrogen (secondary N) is 1. The fourth-order valence-electron chi connectivity index (χ4n) is 2.11. The Morgan fingerprint density at radius 2 is 2.28 bits per heavy atom. The fourth-order valence-corrected chi connectivity index (χ4v) is 2.29. The summed E-state index contributed by atoms with van der Waals surface area (Å²) in [4.78, 5) is 4.02. The maximum atomic E-state index is 5.97. The molecule has 1 aliphatic rings. The van der Waals surface area contributed by atoms with E-state index in [4.69, 9.17) is 16.0 Å². The molecule has 94 valence electrons. The van der Waals surface area contributed by atoms with Gasteiger partial charge in [-0.2, -0.15) is 0 Å². The van der Waals surface area contributed by atoms with Crippen molar-refractivity contribution in [1.29, 1.82) is 0 Å². The number of hydrogen-bond acceptors (Lipinski definition) is 3. The highest BCUT2D eigenvalue weighted by Crippen LogP contribution is 2.47. The largest absolute Gasteiger partial charge is 0.464 e. The number of furan rings is 1.